The van der Waals surface area contributed by atoms with Gasteiger partial charge in [-0.15, -0.1) is 0 Å². The van der Waals surface area contributed by atoms with Gasteiger partial charge < -0.3 is 14.2 Å². The van der Waals surface area contributed by atoms with Gasteiger partial charge in [0.2, 0.25) is 11.2 Å². The molecule has 0 bridgehead atoms. The maximum absolute atomic E-state index is 6.21. The van der Waals surface area contributed by atoms with Crippen LogP contribution in [0.15, 0.2) is 24.3 Å². The van der Waals surface area contributed by atoms with Crippen molar-refractivity contribution in [2.45, 2.75) is 13.8 Å². The first-order chi connectivity index (χ1) is 11.9. The molecule has 130 valence electrons. The fourth-order valence-corrected chi connectivity index (χ4v) is 2.83. The van der Waals surface area contributed by atoms with Gasteiger partial charge in [0.25, 0.3) is 0 Å². The predicted molar refractivity (Wildman–Crippen MR) is 98.7 cm³/mol. The molecule has 5 nitrogen and oxygen atoms in total. The smallest absolute Gasteiger partial charge is 0.231 e. The molecular formula is C18H16Cl2N2O3. The maximum atomic E-state index is 6.21. The Balaban J connectivity index is 2.15. The fraction of sp³-hybridized carbons (Fsp3) is 0.222. The fourth-order valence-electron chi connectivity index (χ4n) is 2.55. The molecule has 0 radical (unpaired) electrons. The monoisotopic (exact) mass is 378 g/mol. The van der Waals surface area contributed by atoms with Gasteiger partial charge in [0.15, 0.2) is 11.5 Å². The Morgan fingerprint density at radius 3 is 2.04 bits per heavy atom. The number of methoxy groups -OCH3 is 2. The summed E-state index contributed by atoms with van der Waals surface area (Å²) >= 11 is 12.3. The van der Waals surface area contributed by atoms with Crippen LogP contribution in [0.3, 0.4) is 0 Å². The van der Waals surface area contributed by atoms with Gasteiger partial charge in [0, 0.05) is 11.1 Å². The second-order valence-electron chi connectivity index (χ2n) is 5.50. The van der Waals surface area contributed by atoms with Gasteiger partial charge in [-0.1, -0.05) is 11.6 Å². The van der Waals surface area contributed by atoms with Crippen LogP contribution in [0, 0.1) is 13.8 Å². The second-order valence-corrected chi connectivity index (χ2v) is 6.21. The van der Waals surface area contributed by atoms with Crippen LogP contribution in [0.4, 0.5) is 0 Å². The molecule has 1 aromatic heterocycles. The standard InChI is InChI=1S/C18H16Cl2N2O3/c1-9-5-11(6-10(2)16(9)19)25-17-12-7-14(23-3)15(24-4)8-13(12)21-18(20)22-17/h5-8H,1-4H3. The van der Waals surface area contributed by atoms with Crippen LogP contribution in [0.25, 0.3) is 10.9 Å². The topological polar surface area (TPSA) is 53.5 Å². The van der Waals surface area contributed by atoms with Crippen LogP contribution in [0.5, 0.6) is 23.1 Å². The lowest BCUT2D eigenvalue weighted by Gasteiger charge is -2.13. The van der Waals surface area contributed by atoms with E-state index >= 15 is 0 Å². The van der Waals surface area contributed by atoms with E-state index in [2.05, 4.69) is 9.97 Å². The van der Waals surface area contributed by atoms with Crippen molar-refractivity contribution in [3.8, 4) is 23.1 Å². The molecule has 0 aliphatic heterocycles. The van der Waals surface area contributed by atoms with Crippen molar-refractivity contribution in [1.29, 1.82) is 0 Å². The molecule has 25 heavy (non-hydrogen) atoms. The molecule has 0 fully saturated rings. The summed E-state index contributed by atoms with van der Waals surface area (Å²) in [5.74, 6) is 2.05. The quantitative estimate of drug-likeness (QED) is 0.571. The zero-order valence-corrected chi connectivity index (χ0v) is 15.7. The van der Waals surface area contributed by atoms with Gasteiger partial charge in [-0.3, -0.25) is 0 Å². The highest BCUT2D eigenvalue weighted by Crippen LogP contribution is 2.37. The number of rotatable bonds is 4. The van der Waals surface area contributed by atoms with Gasteiger partial charge in [0.1, 0.15) is 5.75 Å². The largest absolute Gasteiger partial charge is 0.493 e. The molecule has 0 aliphatic carbocycles. The van der Waals surface area contributed by atoms with Gasteiger partial charge in [-0.2, -0.15) is 4.98 Å². The van der Waals surface area contributed by atoms with Crippen LogP contribution in [0.2, 0.25) is 10.3 Å². The minimum Gasteiger partial charge on any atom is -0.493 e. The van der Waals surface area contributed by atoms with Crippen molar-refractivity contribution in [3.63, 3.8) is 0 Å². The molecule has 1 heterocycles. The minimum atomic E-state index is 0.0807. The van der Waals surface area contributed by atoms with Crippen molar-refractivity contribution >= 4 is 34.1 Å². The van der Waals surface area contributed by atoms with E-state index in [9.17, 15) is 0 Å². The number of hydrogen-bond acceptors (Lipinski definition) is 5. The van der Waals surface area contributed by atoms with Gasteiger partial charge in [0.05, 0.1) is 25.1 Å². The van der Waals surface area contributed by atoms with Crippen molar-refractivity contribution in [3.05, 3.63) is 45.7 Å². The predicted octanol–water partition coefficient (Wildman–Crippen LogP) is 5.36. The Morgan fingerprint density at radius 2 is 1.44 bits per heavy atom. The highest BCUT2D eigenvalue weighted by atomic mass is 35.5. The lowest BCUT2D eigenvalue weighted by Crippen LogP contribution is -1.97. The van der Waals surface area contributed by atoms with Crippen LogP contribution in [-0.4, -0.2) is 24.2 Å². The number of benzene rings is 2. The molecule has 0 amide bonds. The average Bonchev–Trinajstić information content (AvgIpc) is 2.58. The maximum Gasteiger partial charge on any atom is 0.231 e. The van der Waals surface area contributed by atoms with E-state index in [0.29, 0.717) is 39.1 Å². The SMILES string of the molecule is COc1cc2nc(Cl)nc(Oc3cc(C)c(Cl)c(C)c3)c2cc1OC. The third kappa shape index (κ3) is 3.43. The summed E-state index contributed by atoms with van der Waals surface area (Å²) < 4.78 is 16.6. The summed E-state index contributed by atoms with van der Waals surface area (Å²) in [6.07, 6.45) is 0. The summed E-state index contributed by atoms with van der Waals surface area (Å²) in [5, 5.41) is 1.45. The number of nitrogens with zero attached hydrogens (tertiary/aromatic N) is 2. The van der Waals surface area contributed by atoms with Gasteiger partial charge >= 0.3 is 0 Å². The molecule has 3 aromatic rings. The number of halogens is 2. The Kier molecular flexibility index (Phi) is 4.88. The van der Waals surface area contributed by atoms with E-state index in [4.69, 9.17) is 37.4 Å². The number of hydrogen-bond donors (Lipinski definition) is 0. The van der Waals surface area contributed by atoms with E-state index in [-0.39, 0.29) is 5.28 Å². The molecule has 0 saturated heterocycles. The van der Waals surface area contributed by atoms with Crippen LogP contribution in [-0.2, 0) is 0 Å². The second kappa shape index (κ2) is 6.94. The molecule has 0 atom stereocenters. The Bertz CT molecular complexity index is 938. The van der Waals surface area contributed by atoms with E-state index < -0.39 is 0 Å². The molecule has 2 aromatic carbocycles. The molecule has 7 heteroatoms. The number of ether oxygens (including phenoxy) is 3. The number of aromatic nitrogens is 2. The number of fused-ring (bicyclic) bond motifs is 1. The molecule has 0 unspecified atom stereocenters. The molecule has 0 saturated carbocycles. The summed E-state index contributed by atoms with van der Waals surface area (Å²) in [6.45, 7) is 3.84. The van der Waals surface area contributed by atoms with Crippen LogP contribution in [0.1, 0.15) is 11.1 Å². The lowest BCUT2D eigenvalue weighted by atomic mass is 10.1. The van der Waals surface area contributed by atoms with E-state index in [0.717, 1.165) is 11.1 Å². The summed E-state index contributed by atoms with van der Waals surface area (Å²) in [4.78, 5) is 8.44. The molecule has 0 aliphatic rings. The highest BCUT2D eigenvalue weighted by molar-refractivity contribution is 6.32. The number of aryl methyl sites for hydroxylation is 2. The normalized spacial score (nSPS) is 10.8. The first kappa shape index (κ1) is 17.6. The minimum absolute atomic E-state index is 0.0807. The van der Waals surface area contributed by atoms with E-state index in [1.54, 1.807) is 26.4 Å². The molecule has 0 spiro atoms. The van der Waals surface area contributed by atoms with E-state index in [1.165, 1.54) is 0 Å². The Labute approximate surface area is 155 Å². The van der Waals surface area contributed by atoms with E-state index in [1.807, 2.05) is 26.0 Å². The third-order valence-electron chi connectivity index (χ3n) is 3.76. The molecular weight excluding hydrogens is 363 g/mol. The van der Waals surface area contributed by atoms with Gasteiger partial charge in [-0.25, -0.2) is 4.98 Å². The Morgan fingerprint density at radius 1 is 0.840 bits per heavy atom. The van der Waals surface area contributed by atoms with Gasteiger partial charge in [-0.05, 0) is 54.8 Å². The first-order valence-electron chi connectivity index (χ1n) is 7.46. The zero-order chi connectivity index (χ0) is 18.1. The van der Waals surface area contributed by atoms with Crippen molar-refractivity contribution in [1.82, 2.24) is 9.97 Å². The van der Waals surface area contributed by atoms with Crippen LogP contribution >= 0.6 is 23.2 Å². The van der Waals surface area contributed by atoms with Crippen LogP contribution < -0.4 is 14.2 Å². The lowest BCUT2D eigenvalue weighted by molar-refractivity contribution is 0.355. The molecule has 0 N–H and O–H groups in total. The average molecular weight is 379 g/mol. The summed E-state index contributed by atoms with van der Waals surface area (Å²) in [6, 6.07) is 7.18. The third-order valence-corrected chi connectivity index (χ3v) is 4.53. The van der Waals surface area contributed by atoms with Crippen molar-refractivity contribution in [2.75, 3.05) is 14.2 Å². The first-order valence-corrected chi connectivity index (χ1v) is 8.22. The molecule has 3 rings (SSSR count). The zero-order valence-electron chi connectivity index (χ0n) is 14.2. The Hall–Kier alpha value is -2.24. The van der Waals surface area contributed by atoms with Crippen molar-refractivity contribution < 1.29 is 14.2 Å². The highest BCUT2D eigenvalue weighted by Gasteiger charge is 2.15. The summed E-state index contributed by atoms with van der Waals surface area (Å²) in [5.41, 5.74) is 2.43. The van der Waals surface area contributed by atoms with Crippen molar-refractivity contribution in [2.24, 2.45) is 0 Å². The summed E-state index contributed by atoms with van der Waals surface area (Å²) in [7, 11) is 3.12.